The van der Waals surface area contributed by atoms with Gasteiger partial charge in [-0.25, -0.2) is 0 Å². The Balaban J connectivity index is 0.976. The van der Waals surface area contributed by atoms with Crippen LogP contribution in [0, 0.1) is 27.7 Å². The minimum absolute atomic E-state index is 0.258. The number of thioether (sulfide) groups is 2. The summed E-state index contributed by atoms with van der Waals surface area (Å²) in [5, 5.41) is 2.46. The van der Waals surface area contributed by atoms with Gasteiger partial charge < -0.3 is 9.80 Å². The molecule has 1 aromatic heterocycles. The van der Waals surface area contributed by atoms with E-state index in [1.807, 2.05) is 34.9 Å². The predicted molar refractivity (Wildman–Crippen MR) is 250 cm³/mol. The van der Waals surface area contributed by atoms with Crippen LogP contribution in [0.4, 0.5) is 34.1 Å². The van der Waals surface area contributed by atoms with E-state index in [-0.39, 0.29) is 10.00 Å². The molecule has 0 radical (unpaired) electrons. The number of allylic oxidation sites excluding steroid dienone is 2. The van der Waals surface area contributed by atoms with Gasteiger partial charge in [0.15, 0.2) is 0 Å². The molecule has 2 aliphatic rings. The van der Waals surface area contributed by atoms with Gasteiger partial charge >= 0.3 is 0 Å². The Morgan fingerprint density at radius 1 is 0.456 bits per heavy atom. The van der Waals surface area contributed by atoms with Crippen molar-refractivity contribution in [3.63, 3.8) is 0 Å². The van der Waals surface area contributed by atoms with Gasteiger partial charge in [-0.05, 0) is 135 Å². The predicted octanol–water partition coefficient (Wildman–Crippen LogP) is 15.7. The van der Waals surface area contributed by atoms with Crippen LogP contribution in [-0.2, 0) is 4.75 Å². The van der Waals surface area contributed by atoms with Gasteiger partial charge in [0, 0.05) is 48.8 Å². The Labute approximate surface area is 349 Å². The maximum Gasteiger partial charge on any atom is 0.0980 e. The highest BCUT2D eigenvalue weighted by molar-refractivity contribution is 8.08. The standard InChI is InChI=1S/C52H44N2S3/c1-36-7-19-42(20-8-36)53(43-21-9-37(2)10-22-43)46-27-15-40(16-28-46)48-31-32-49(56-48)50-33-34-52(57-50,51-6-5-35-55-51)41-17-29-47(30-18-41)54(44-23-11-38(3)12-24-44)45-25-13-39(4)14-26-45/h5-35,48H,1-4H3. The van der Waals surface area contributed by atoms with Crippen LogP contribution in [0.3, 0.4) is 0 Å². The lowest BCUT2D eigenvalue weighted by Crippen LogP contribution is -2.17. The monoisotopic (exact) mass is 792 g/mol. The third-order valence-electron chi connectivity index (χ3n) is 10.7. The minimum atomic E-state index is -0.295. The quantitative estimate of drug-likeness (QED) is 0.144. The lowest BCUT2D eigenvalue weighted by molar-refractivity contribution is 0.981. The molecule has 5 heteroatoms. The van der Waals surface area contributed by atoms with Crippen LogP contribution < -0.4 is 9.80 Å². The van der Waals surface area contributed by atoms with Crippen LogP contribution in [0.2, 0.25) is 0 Å². The topological polar surface area (TPSA) is 6.48 Å². The molecule has 2 aliphatic heterocycles. The summed E-state index contributed by atoms with van der Waals surface area (Å²) in [5.41, 5.74) is 14.5. The lowest BCUT2D eigenvalue weighted by atomic mass is 9.95. The molecule has 0 aliphatic carbocycles. The Hall–Kier alpha value is -5.46. The highest BCUT2D eigenvalue weighted by Crippen LogP contribution is 2.58. The number of anilines is 6. The fraction of sp³-hybridized carbons (Fsp3) is 0.115. The number of hydrogen-bond donors (Lipinski definition) is 0. The third kappa shape index (κ3) is 7.56. The maximum absolute atomic E-state index is 2.42. The second-order valence-electron chi connectivity index (χ2n) is 14.9. The summed E-state index contributed by atoms with van der Waals surface area (Å²) in [7, 11) is 0. The minimum Gasteiger partial charge on any atom is -0.311 e. The van der Waals surface area contributed by atoms with Crippen LogP contribution >= 0.6 is 34.9 Å². The summed E-state index contributed by atoms with van der Waals surface area (Å²) in [5.74, 6) is 0. The summed E-state index contributed by atoms with van der Waals surface area (Å²) in [6.07, 6.45) is 9.45. The van der Waals surface area contributed by atoms with Crippen molar-refractivity contribution < 1.29 is 0 Å². The van der Waals surface area contributed by atoms with Crippen molar-refractivity contribution in [1.82, 2.24) is 0 Å². The molecular weight excluding hydrogens is 749 g/mol. The van der Waals surface area contributed by atoms with Gasteiger partial charge in [0.25, 0.3) is 0 Å². The summed E-state index contributed by atoms with van der Waals surface area (Å²) in [6.45, 7) is 8.55. The van der Waals surface area contributed by atoms with Gasteiger partial charge in [0.1, 0.15) is 0 Å². The summed E-state index contributed by atoms with van der Waals surface area (Å²) in [4.78, 5) is 8.67. The lowest BCUT2D eigenvalue weighted by Gasteiger charge is -2.29. The first-order valence-corrected chi connectivity index (χ1v) is 22.0. The van der Waals surface area contributed by atoms with E-state index in [0.29, 0.717) is 0 Å². The van der Waals surface area contributed by atoms with Gasteiger partial charge in [-0.15, -0.1) is 34.9 Å². The number of rotatable bonds is 9. The van der Waals surface area contributed by atoms with E-state index in [1.165, 1.54) is 48.1 Å². The van der Waals surface area contributed by atoms with E-state index < -0.39 is 0 Å². The molecule has 6 aromatic carbocycles. The molecule has 0 N–H and O–H groups in total. The first-order chi connectivity index (χ1) is 27.8. The largest absolute Gasteiger partial charge is 0.311 e. The summed E-state index contributed by atoms with van der Waals surface area (Å²) in [6, 6.07) is 58.0. The van der Waals surface area contributed by atoms with Crippen molar-refractivity contribution in [2.45, 2.75) is 37.7 Å². The van der Waals surface area contributed by atoms with Crippen LogP contribution in [-0.4, -0.2) is 0 Å². The van der Waals surface area contributed by atoms with Crippen LogP contribution in [0.1, 0.15) is 43.5 Å². The van der Waals surface area contributed by atoms with E-state index >= 15 is 0 Å². The molecule has 280 valence electrons. The van der Waals surface area contributed by atoms with Crippen molar-refractivity contribution in [1.29, 1.82) is 0 Å². The smallest absolute Gasteiger partial charge is 0.0980 e. The van der Waals surface area contributed by atoms with E-state index in [2.05, 4.69) is 225 Å². The average Bonchev–Trinajstić information content (AvgIpc) is 4.05. The van der Waals surface area contributed by atoms with Crippen LogP contribution in [0.5, 0.6) is 0 Å². The number of aryl methyl sites for hydroxylation is 4. The molecule has 9 rings (SSSR count). The molecule has 7 aromatic rings. The zero-order chi connectivity index (χ0) is 38.9. The van der Waals surface area contributed by atoms with Crippen molar-refractivity contribution in [3.8, 4) is 0 Å². The molecule has 0 fully saturated rings. The Morgan fingerprint density at radius 2 is 0.877 bits per heavy atom. The molecule has 3 heterocycles. The van der Waals surface area contributed by atoms with Crippen molar-refractivity contribution in [3.05, 3.63) is 235 Å². The molecule has 0 saturated carbocycles. The van der Waals surface area contributed by atoms with E-state index in [0.717, 1.165) is 34.1 Å². The molecule has 2 atom stereocenters. The van der Waals surface area contributed by atoms with Crippen molar-refractivity contribution in [2.75, 3.05) is 9.80 Å². The second kappa shape index (κ2) is 15.8. The van der Waals surface area contributed by atoms with E-state index in [1.54, 1.807) is 0 Å². The van der Waals surface area contributed by atoms with E-state index in [9.17, 15) is 0 Å². The molecule has 0 saturated heterocycles. The number of hydrogen-bond acceptors (Lipinski definition) is 5. The van der Waals surface area contributed by atoms with Crippen molar-refractivity contribution in [2.24, 2.45) is 0 Å². The third-order valence-corrected chi connectivity index (χ3v) is 14.8. The SMILES string of the molecule is Cc1ccc(N(c2ccc(C)cc2)c2ccc(C3C=CC(=C4C=CC(c5ccc(N(c6ccc(C)cc6)c6ccc(C)cc6)cc5)(c5cccs5)S4)S3)cc2)cc1. The zero-order valence-electron chi connectivity index (χ0n) is 32.6. The van der Waals surface area contributed by atoms with Crippen molar-refractivity contribution >= 4 is 69.0 Å². The highest BCUT2D eigenvalue weighted by atomic mass is 32.2. The second-order valence-corrected chi connectivity index (χ2v) is 18.3. The summed E-state index contributed by atoms with van der Waals surface area (Å²) < 4.78 is -0.295. The van der Waals surface area contributed by atoms with Gasteiger partial charge in [-0.1, -0.05) is 113 Å². The van der Waals surface area contributed by atoms with E-state index in [4.69, 9.17) is 0 Å². The molecule has 2 unspecified atom stereocenters. The van der Waals surface area contributed by atoms with Gasteiger partial charge in [-0.3, -0.25) is 0 Å². The molecule has 0 bridgehead atoms. The Morgan fingerprint density at radius 3 is 1.30 bits per heavy atom. The van der Waals surface area contributed by atoms with Gasteiger partial charge in [0.2, 0.25) is 0 Å². The first-order valence-electron chi connectivity index (χ1n) is 19.4. The number of thiophene rings is 1. The zero-order valence-corrected chi connectivity index (χ0v) is 35.0. The van der Waals surface area contributed by atoms with Crippen LogP contribution in [0.25, 0.3) is 0 Å². The Kier molecular flexibility index (Phi) is 10.3. The number of nitrogens with zero attached hydrogens (tertiary/aromatic N) is 2. The molecule has 0 spiro atoms. The fourth-order valence-electron chi connectivity index (χ4n) is 7.54. The first kappa shape index (κ1) is 37.1. The maximum atomic E-state index is 2.42. The molecule has 2 nitrogen and oxygen atoms in total. The van der Waals surface area contributed by atoms with Gasteiger partial charge in [0.05, 0.1) is 10.00 Å². The normalized spacial score (nSPS) is 18.6. The van der Waals surface area contributed by atoms with Gasteiger partial charge in [-0.2, -0.15) is 0 Å². The molecule has 0 amide bonds. The molecular formula is C52H44N2S3. The Bertz CT molecular complexity index is 2480. The average molecular weight is 793 g/mol. The summed E-state index contributed by atoms with van der Waals surface area (Å²) >= 11 is 5.74. The number of benzene rings is 6. The fourth-order valence-corrected chi connectivity index (χ4v) is 11.2. The molecule has 57 heavy (non-hydrogen) atoms. The van der Waals surface area contributed by atoms with Crippen LogP contribution in [0.15, 0.2) is 197 Å². The highest BCUT2D eigenvalue weighted by Gasteiger charge is 2.39.